The quantitative estimate of drug-likeness (QED) is 0.634. The van der Waals surface area contributed by atoms with Gasteiger partial charge in [-0.05, 0) is 0 Å². The molecule has 0 aliphatic rings. The molecule has 0 heterocycles. The van der Waals surface area contributed by atoms with Gasteiger partial charge >= 0.3 is 26.8 Å². The summed E-state index contributed by atoms with van der Waals surface area (Å²) in [5, 5.41) is 0. The van der Waals surface area contributed by atoms with Crippen molar-refractivity contribution in [1.82, 2.24) is 0 Å². The average Bonchev–Trinajstić information content (AvgIpc) is 0.811. The second-order valence-electron chi connectivity index (χ2n) is 0.238. The van der Waals surface area contributed by atoms with Crippen molar-refractivity contribution in [2.45, 2.75) is 0 Å². The fourth-order valence-corrected chi connectivity index (χ4v) is 0. The Morgan fingerprint density at radius 2 is 1.33 bits per heavy atom. The Hall–Kier alpha value is 2.44. The van der Waals surface area contributed by atoms with Gasteiger partial charge in [0.05, 0.1) is 0 Å². The van der Waals surface area contributed by atoms with Crippen LogP contribution in [0, 0.1) is 35.6 Å². The van der Waals surface area contributed by atoms with E-state index in [0.29, 0.717) is 0 Å². The van der Waals surface area contributed by atoms with Gasteiger partial charge in [0, 0.05) is 68.3 Å². The Kier molecular flexibility index (Phi) is 27.4. The molecule has 0 atom stereocenters. The molecular formula is HLaO3VY. The molecule has 0 amide bonds. The van der Waals surface area contributed by atoms with Gasteiger partial charge in [0.2, 0.25) is 0 Å². The van der Waals surface area contributed by atoms with Crippen LogP contribution in [0.1, 0.15) is 0 Å². The monoisotopic (exact) mass is 328 g/mol. The molecule has 0 bridgehead atoms. The van der Waals surface area contributed by atoms with Crippen LogP contribution in [0.2, 0.25) is 0 Å². The van der Waals surface area contributed by atoms with E-state index in [1.807, 2.05) is 0 Å². The van der Waals surface area contributed by atoms with Gasteiger partial charge in [-0.1, -0.05) is 0 Å². The van der Waals surface area contributed by atoms with Crippen molar-refractivity contribution in [1.29, 1.82) is 0 Å². The molecule has 6 heavy (non-hydrogen) atoms. The van der Waals surface area contributed by atoms with E-state index >= 15 is 0 Å². The summed E-state index contributed by atoms with van der Waals surface area (Å²) in [5.41, 5.74) is 0. The van der Waals surface area contributed by atoms with Crippen LogP contribution in [-0.4, -0.2) is 4.03 Å². The molecule has 30 valence electrons. The first-order valence-corrected chi connectivity index (χ1v) is 2.33. The normalized spacial score (nSPS) is 4.17. The van der Waals surface area contributed by atoms with E-state index in [9.17, 15) is 0 Å². The molecule has 2 radical (unpaired) electrons. The van der Waals surface area contributed by atoms with Gasteiger partial charge in [0.1, 0.15) is 0 Å². The van der Waals surface area contributed by atoms with Crippen LogP contribution >= 0.6 is 0 Å². The predicted octanol–water partition coefficient (Wildman–Crippen LogP) is -0.800. The summed E-state index contributed by atoms with van der Waals surface area (Å²) in [6.45, 7) is 0. The van der Waals surface area contributed by atoms with Gasteiger partial charge < -0.3 is 0 Å². The van der Waals surface area contributed by atoms with Gasteiger partial charge in [0.15, 0.2) is 0 Å². The maximum absolute atomic E-state index is 8.67. The van der Waals surface area contributed by atoms with Crippen LogP contribution in [0.5, 0.6) is 0 Å². The topological polar surface area (TPSA) is 54.4 Å². The summed E-state index contributed by atoms with van der Waals surface area (Å²) in [7, 11) is 0. The van der Waals surface area contributed by atoms with Crippen molar-refractivity contribution in [3.63, 3.8) is 0 Å². The van der Waals surface area contributed by atoms with Gasteiger partial charge in [-0.25, -0.2) is 0 Å². The van der Waals surface area contributed by atoms with Crippen molar-refractivity contribution in [2.75, 3.05) is 0 Å². The second kappa shape index (κ2) is 10.4. The maximum atomic E-state index is 8.67. The van der Waals surface area contributed by atoms with Crippen molar-refractivity contribution in [3.8, 4) is 0 Å². The Labute approximate surface area is 93.1 Å². The summed E-state index contributed by atoms with van der Waals surface area (Å²) in [5.74, 6) is 0. The fraction of sp³-hybridized carbons (Fsp3) is 0. The average molecular weight is 328 g/mol. The van der Waals surface area contributed by atoms with Crippen LogP contribution in [0.4, 0.5) is 0 Å². The number of hydrogen-bond acceptors (Lipinski definition) is 2. The molecule has 1 N–H and O–H groups in total. The third kappa shape index (κ3) is 32.0. The molecular weight excluding hydrogens is 327 g/mol. The van der Waals surface area contributed by atoms with Crippen LogP contribution in [0.15, 0.2) is 0 Å². The zero-order chi connectivity index (χ0) is 3.58. The zero-order valence-electron chi connectivity index (χ0n) is 2.87. The third-order valence-corrected chi connectivity index (χ3v) is 0. The largest absolute Gasteiger partial charge is 0 e. The first-order chi connectivity index (χ1) is 1.73. The SMILES string of the molecule is [La].[O]=[V](=[O])[OH].[Y]. The molecule has 0 unspecified atom stereocenters. The van der Waals surface area contributed by atoms with Gasteiger partial charge in [-0.3, -0.25) is 0 Å². The molecule has 0 spiro atoms. The molecule has 0 rings (SSSR count). The molecule has 0 aliphatic heterocycles. The standard InChI is InChI=1S/La.H2O.2O.V.Y/h;1H2;;;;/q;;;;+1;/p-1. The van der Waals surface area contributed by atoms with E-state index in [1.54, 1.807) is 0 Å². The smallest absolute Gasteiger partial charge is 0 e. The first kappa shape index (κ1) is 15.8. The molecule has 0 saturated carbocycles. The van der Waals surface area contributed by atoms with Gasteiger partial charge in [-0.2, -0.15) is 0 Å². The third-order valence-electron chi connectivity index (χ3n) is 0. The summed E-state index contributed by atoms with van der Waals surface area (Å²) in [4.78, 5) is 0. The van der Waals surface area contributed by atoms with Crippen molar-refractivity contribution in [3.05, 3.63) is 0 Å². The van der Waals surface area contributed by atoms with E-state index < -0.39 is 15.4 Å². The maximum Gasteiger partial charge on any atom is 0 e. The molecule has 0 aromatic heterocycles. The van der Waals surface area contributed by atoms with Crippen molar-refractivity contribution in [2.24, 2.45) is 0 Å². The molecule has 0 aromatic rings. The van der Waals surface area contributed by atoms with E-state index in [0.717, 1.165) is 0 Å². The Balaban J connectivity index is -0.0000000450. The molecule has 0 saturated heterocycles. The van der Waals surface area contributed by atoms with Crippen LogP contribution in [0.25, 0.3) is 0 Å². The Morgan fingerprint density at radius 1 is 1.33 bits per heavy atom. The van der Waals surface area contributed by atoms with E-state index in [1.165, 1.54) is 0 Å². The minimum Gasteiger partial charge on any atom is 0 e. The van der Waals surface area contributed by atoms with Crippen molar-refractivity contribution < 1.29 is 95.1 Å². The van der Waals surface area contributed by atoms with Gasteiger partial charge in [-0.15, -0.1) is 0 Å². The Bertz CT molecular complexity index is 59.2. The van der Waals surface area contributed by atoms with Crippen LogP contribution < -0.4 is 0 Å². The minimum absolute atomic E-state index is 0. The summed E-state index contributed by atoms with van der Waals surface area (Å²) < 4.78 is 24.4. The van der Waals surface area contributed by atoms with E-state index in [-0.39, 0.29) is 68.3 Å². The predicted molar refractivity (Wildman–Crippen MR) is 3.59 cm³/mol. The van der Waals surface area contributed by atoms with Crippen LogP contribution in [-0.2, 0) is 55.5 Å². The summed E-state index contributed by atoms with van der Waals surface area (Å²) >= 11 is -3.69. The second-order valence-corrected chi connectivity index (χ2v) is 0.981. The van der Waals surface area contributed by atoms with Crippen molar-refractivity contribution >= 4 is 0 Å². The molecule has 6 heteroatoms. The summed E-state index contributed by atoms with van der Waals surface area (Å²) in [6.07, 6.45) is 0. The van der Waals surface area contributed by atoms with Crippen LogP contribution in [0.3, 0.4) is 0 Å². The molecule has 0 fully saturated rings. The minimum atomic E-state index is -3.69. The molecule has 0 aromatic carbocycles. The molecule has 0 aliphatic carbocycles. The Morgan fingerprint density at radius 3 is 1.33 bits per heavy atom. The number of rotatable bonds is 0. The zero-order valence-corrected chi connectivity index (χ0v) is 10.7. The molecule has 3 nitrogen and oxygen atoms in total. The van der Waals surface area contributed by atoms with Gasteiger partial charge in [0.25, 0.3) is 0 Å². The van der Waals surface area contributed by atoms with E-state index in [2.05, 4.69) is 0 Å². The fourth-order valence-electron chi connectivity index (χ4n) is 0. The van der Waals surface area contributed by atoms with E-state index in [4.69, 9.17) is 11.4 Å². The number of hydrogen-bond donors (Lipinski definition) is 1. The summed E-state index contributed by atoms with van der Waals surface area (Å²) in [6, 6.07) is 0. The first-order valence-electron chi connectivity index (χ1n) is 0.565.